The Morgan fingerprint density at radius 1 is 1.10 bits per heavy atom. The summed E-state index contributed by atoms with van der Waals surface area (Å²) in [6.45, 7) is 0.0115. The first-order chi connectivity index (χ1) is 14.9. The van der Waals surface area contributed by atoms with Crippen LogP contribution in [0.4, 0.5) is 13.2 Å². The number of hydrogen-bond donors (Lipinski definition) is 1. The van der Waals surface area contributed by atoms with Crippen LogP contribution in [0, 0.1) is 0 Å². The number of rotatable bonds is 6. The van der Waals surface area contributed by atoms with E-state index in [2.05, 4.69) is 15.4 Å². The number of fused-ring (bicyclic) bond motifs is 1. The van der Waals surface area contributed by atoms with Crippen molar-refractivity contribution in [2.24, 2.45) is 0 Å². The Morgan fingerprint density at radius 2 is 1.87 bits per heavy atom. The van der Waals surface area contributed by atoms with Gasteiger partial charge in [-0.1, -0.05) is 18.2 Å². The van der Waals surface area contributed by atoms with E-state index in [9.17, 15) is 18.0 Å². The van der Waals surface area contributed by atoms with Crippen LogP contribution in [0.25, 0.3) is 0 Å². The summed E-state index contributed by atoms with van der Waals surface area (Å²) in [5, 5.41) is 6.46. The van der Waals surface area contributed by atoms with Gasteiger partial charge in [-0.2, -0.15) is 18.3 Å². The van der Waals surface area contributed by atoms with Gasteiger partial charge in [0.1, 0.15) is 12.3 Å². The van der Waals surface area contributed by atoms with Crippen molar-refractivity contribution < 1.29 is 22.7 Å². The summed E-state index contributed by atoms with van der Waals surface area (Å²) in [5.41, 5.74) is 0.721. The van der Waals surface area contributed by atoms with Crippen LogP contribution in [0.3, 0.4) is 0 Å². The molecule has 31 heavy (non-hydrogen) atoms. The number of carbonyl (C=O) groups excluding carboxylic acids is 1. The number of halogens is 3. The Kier molecular flexibility index (Phi) is 5.92. The number of carbonyl (C=O) groups is 1. The average molecular weight is 430 g/mol. The van der Waals surface area contributed by atoms with Gasteiger partial charge in [0.05, 0.1) is 0 Å². The quantitative estimate of drug-likeness (QED) is 0.634. The molecule has 6 nitrogen and oxygen atoms in total. The smallest absolute Gasteiger partial charge is 0.435 e. The fourth-order valence-electron chi connectivity index (χ4n) is 3.63. The molecule has 0 aliphatic heterocycles. The van der Waals surface area contributed by atoms with Crippen molar-refractivity contribution in [3.05, 3.63) is 71.2 Å². The first-order valence-electron chi connectivity index (χ1n) is 10.0. The zero-order valence-corrected chi connectivity index (χ0v) is 16.7. The molecule has 2 aromatic heterocycles. The van der Waals surface area contributed by atoms with Crippen LogP contribution in [0.1, 0.15) is 35.4 Å². The third-order valence-electron chi connectivity index (χ3n) is 5.09. The Hall–Kier alpha value is -3.36. The SMILES string of the molecule is O=C(Cn1nc(C(F)(F)F)c2c1CCCC2)NCc1ccc(Oc2ccccn2)cc1. The molecule has 2 heterocycles. The Morgan fingerprint density at radius 3 is 2.58 bits per heavy atom. The van der Waals surface area contributed by atoms with Crippen LogP contribution in [0.2, 0.25) is 0 Å². The number of pyridine rings is 1. The standard InChI is InChI=1S/C22H21F3N4O2/c23-22(24,25)21-17-5-1-2-6-18(17)29(28-21)14-19(30)27-13-15-8-10-16(11-9-15)31-20-7-3-4-12-26-20/h3-4,7-12H,1-2,5-6,13-14H2,(H,27,30). The van der Waals surface area contributed by atoms with Crippen LogP contribution in [-0.4, -0.2) is 20.7 Å². The van der Waals surface area contributed by atoms with Gasteiger partial charge in [-0.15, -0.1) is 0 Å². The Labute approximate surface area is 177 Å². The number of benzene rings is 1. The monoisotopic (exact) mass is 430 g/mol. The molecule has 0 atom stereocenters. The molecule has 0 saturated carbocycles. The summed E-state index contributed by atoms with van der Waals surface area (Å²) >= 11 is 0. The lowest BCUT2D eigenvalue weighted by atomic mass is 9.95. The lowest BCUT2D eigenvalue weighted by Crippen LogP contribution is -2.28. The average Bonchev–Trinajstić information content (AvgIpc) is 3.13. The lowest BCUT2D eigenvalue weighted by Gasteiger charge is -2.14. The van der Waals surface area contributed by atoms with E-state index < -0.39 is 17.8 Å². The number of aromatic nitrogens is 3. The molecule has 0 radical (unpaired) electrons. The number of nitrogens with zero attached hydrogens (tertiary/aromatic N) is 3. The van der Waals surface area contributed by atoms with Gasteiger partial charge in [0.15, 0.2) is 5.69 Å². The van der Waals surface area contributed by atoms with Crippen LogP contribution < -0.4 is 10.1 Å². The summed E-state index contributed by atoms with van der Waals surface area (Å²) < 4.78 is 46.7. The molecule has 1 aliphatic rings. The summed E-state index contributed by atoms with van der Waals surface area (Å²) in [7, 11) is 0. The highest BCUT2D eigenvalue weighted by molar-refractivity contribution is 5.75. The second-order valence-electron chi connectivity index (χ2n) is 7.33. The van der Waals surface area contributed by atoms with Gasteiger partial charge in [0, 0.05) is 30.1 Å². The minimum absolute atomic E-state index is 0.232. The molecular weight excluding hydrogens is 409 g/mol. The van der Waals surface area contributed by atoms with Crippen LogP contribution in [0.15, 0.2) is 48.7 Å². The molecule has 0 unspecified atom stereocenters. The largest absolute Gasteiger partial charge is 0.439 e. The molecule has 1 aliphatic carbocycles. The van der Waals surface area contributed by atoms with E-state index in [1.165, 1.54) is 4.68 Å². The summed E-state index contributed by atoms with van der Waals surface area (Å²) in [4.78, 5) is 16.4. The molecule has 162 valence electrons. The van der Waals surface area contributed by atoms with Crippen LogP contribution in [0.5, 0.6) is 11.6 Å². The highest BCUT2D eigenvalue weighted by Gasteiger charge is 2.39. The molecule has 9 heteroatoms. The number of amides is 1. The predicted molar refractivity (Wildman–Crippen MR) is 106 cm³/mol. The van der Waals surface area contributed by atoms with Gasteiger partial charge in [-0.05, 0) is 49.4 Å². The van der Waals surface area contributed by atoms with E-state index in [4.69, 9.17) is 4.74 Å². The lowest BCUT2D eigenvalue weighted by molar-refractivity contribution is -0.142. The first kappa shape index (κ1) is 20.9. The van der Waals surface area contributed by atoms with E-state index >= 15 is 0 Å². The predicted octanol–water partition coefficient (Wildman–Crippen LogP) is 4.28. The normalized spacial score (nSPS) is 13.5. The highest BCUT2D eigenvalue weighted by atomic mass is 19.4. The van der Waals surface area contributed by atoms with Gasteiger partial charge in [-0.3, -0.25) is 9.48 Å². The molecule has 0 saturated heterocycles. The molecular formula is C22H21F3N4O2. The van der Waals surface area contributed by atoms with E-state index in [-0.39, 0.29) is 18.7 Å². The van der Waals surface area contributed by atoms with Crippen molar-refractivity contribution >= 4 is 5.91 Å². The molecule has 1 aromatic carbocycles. The van der Waals surface area contributed by atoms with Crippen molar-refractivity contribution in [1.82, 2.24) is 20.1 Å². The summed E-state index contributed by atoms with van der Waals surface area (Å²) in [5.74, 6) is 0.694. The molecule has 1 N–H and O–H groups in total. The van der Waals surface area contributed by atoms with E-state index in [0.29, 0.717) is 36.6 Å². The van der Waals surface area contributed by atoms with Gasteiger partial charge >= 0.3 is 6.18 Å². The minimum atomic E-state index is -4.51. The van der Waals surface area contributed by atoms with Gasteiger partial charge < -0.3 is 10.1 Å². The van der Waals surface area contributed by atoms with Crippen molar-refractivity contribution in [2.45, 2.75) is 44.9 Å². The van der Waals surface area contributed by atoms with Crippen molar-refractivity contribution in [1.29, 1.82) is 0 Å². The maximum Gasteiger partial charge on any atom is 0.435 e. The molecule has 3 aromatic rings. The van der Waals surface area contributed by atoms with E-state index in [0.717, 1.165) is 12.0 Å². The van der Waals surface area contributed by atoms with Crippen molar-refractivity contribution in [3.8, 4) is 11.6 Å². The number of hydrogen-bond acceptors (Lipinski definition) is 4. The second kappa shape index (κ2) is 8.79. The first-order valence-corrected chi connectivity index (χ1v) is 10.0. The maximum absolute atomic E-state index is 13.3. The number of nitrogens with one attached hydrogen (secondary N) is 1. The third-order valence-corrected chi connectivity index (χ3v) is 5.09. The van der Waals surface area contributed by atoms with Crippen LogP contribution in [-0.2, 0) is 36.9 Å². The Balaban J connectivity index is 1.36. The van der Waals surface area contributed by atoms with E-state index in [1.807, 2.05) is 6.07 Å². The fourth-order valence-corrected chi connectivity index (χ4v) is 3.63. The summed E-state index contributed by atoms with van der Waals surface area (Å²) in [6.07, 6.45) is -0.531. The van der Waals surface area contributed by atoms with Gasteiger partial charge in [0.25, 0.3) is 0 Å². The van der Waals surface area contributed by atoms with Crippen LogP contribution >= 0.6 is 0 Å². The molecule has 0 bridgehead atoms. The molecule has 1 amide bonds. The maximum atomic E-state index is 13.3. The molecule has 4 rings (SSSR count). The Bertz CT molecular complexity index is 1050. The van der Waals surface area contributed by atoms with Crippen molar-refractivity contribution in [3.63, 3.8) is 0 Å². The number of ether oxygens (including phenoxy) is 1. The van der Waals surface area contributed by atoms with E-state index in [1.54, 1.807) is 42.6 Å². The third kappa shape index (κ3) is 5.04. The summed E-state index contributed by atoms with van der Waals surface area (Å²) in [6, 6.07) is 12.5. The number of alkyl halides is 3. The zero-order chi connectivity index (χ0) is 21.8. The minimum Gasteiger partial charge on any atom is -0.439 e. The fraction of sp³-hybridized carbons (Fsp3) is 0.318. The molecule has 0 spiro atoms. The topological polar surface area (TPSA) is 69.0 Å². The second-order valence-corrected chi connectivity index (χ2v) is 7.33. The van der Waals surface area contributed by atoms with Gasteiger partial charge in [0.2, 0.25) is 11.8 Å². The van der Waals surface area contributed by atoms with Crippen molar-refractivity contribution in [2.75, 3.05) is 0 Å². The highest BCUT2D eigenvalue weighted by Crippen LogP contribution is 2.35. The van der Waals surface area contributed by atoms with Gasteiger partial charge in [-0.25, -0.2) is 4.98 Å². The molecule has 0 fully saturated rings. The zero-order valence-electron chi connectivity index (χ0n) is 16.7.